The lowest BCUT2D eigenvalue weighted by Gasteiger charge is -2.27. The molecule has 3 aromatic rings. The van der Waals surface area contributed by atoms with Crippen LogP contribution in [0, 0.1) is 23.4 Å². The van der Waals surface area contributed by atoms with Crippen LogP contribution in [0.1, 0.15) is 37.9 Å². The highest BCUT2D eigenvalue weighted by Crippen LogP contribution is 2.35. The van der Waals surface area contributed by atoms with Crippen LogP contribution in [0.4, 0.5) is 13.2 Å². The molecule has 0 aromatic heterocycles. The highest BCUT2D eigenvalue weighted by atomic mass is 19.2. The Balaban J connectivity index is 1.49. The van der Waals surface area contributed by atoms with E-state index in [1.807, 2.05) is 25.1 Å². The summed E-state index contributed by atoms with van der Waals surface area (Å²) in [6.07, 6.45) is 8.07. The van der Waals surface area contributed by atoms with Crippen molar-refractivity contribution in [1.29, 1.82) is 0 Å². The number of halogens is 3. The summed E-state index contributed by atoms with van der Waals surface area (Å²) in [5, 5.41) is 0. The Morgan fingerprint density at radius 3 is 2.26 bits per heavy atom. The average molecular weight is 479 g/mol. The quantitative estimate of drug-likeness (QED) is 0.303. The van der Waals surface area contributed by atoms with Crippen LogP contribution in [0.3, 0.4) is 0 Å². The van der Waals surface area contributed by atoms with Gasteiger partial charge in [-0.25, -0.2) is 8.78 Å². The number of ether oxygens (including phenoxy) is 2. The number of hydrogen-bond donors (Lipinski definition) is 0. The van der Waals surface area contributed by atoms with Crippen molar-refractivity contribution in [2.45, 2.75) is 32.3 Å². The van der Waals surface area contributed by atoms with Gasteiger partial charge in [-0.1, -0.05) is 61.5 Å². The minimum absolute atomic E-state index is 0.119. The van der Waals surface area contributed by atoms with Gasteiger partial charge in [-0.2, -0.15) is 4.39 Å². The zero-order chi connectivity index (χ0) is 24.8. The predicted octanol–water partition coefficient (Wildman–Crippen LogP) is 8.44. The third-order valence-electron chi connectivity index (χ3n) is 6.30. The van der Waals surface area contributed by atoms with Crippen molar-refractivity contribution in [2.75, 3.05) is 13.2 Å². The fourth-order valence-corrected chi connectivity index (χ4v) is 4.25. The molecule has 182 valence electrons. The van der Waals surface area contributed by atoms with Crippen molar-refractivity contribution in [2.24, 2.45) is 5.92 Å². The highest BCUT2D eigenvalue weighted by Gasteiger charge is 2.22. The van der Waals surface area contributed by atoms with Gasteiger partial charge in [0.25, 0.3) is 0 Å². The zero-order valence-corrected chi connectivity index (χ0v) is 19.8. The van der Waals surface area contributed by atoms with E-state index in [0.29, 0.717) is 29.2 Å². The summed E-state index contributed by atoms with van der Waals surface area (Å²) in [6, 6.07) is 14.8. The molecule has 0 bridgehead atoms. The molecule has 0 saturated carbocycles. The van der Waals surface area contributed by atoms with Gasteiger partial charge in [0.05, 0.1) is 12.7 Å². The maximum Gasteiger partial charge on any atom is 0.201 e. The third-order valence-corrected chi connectivity index (χ3v) is 6.30. The second-order valence-corrected chi connectivity index (χ2v) is 8.64. The van der Waals surface area contributed by atoms with Crippen LogP contribution >= 0.6 is 0 Å². The fourth-order valence-electron chi connectivity index (χ4n) is 4.25. The fraction of sp³-hybridized carbons (Fsp3) is 0.267. The highest BCUT2D eigenvalue weighted by molar-refractivity contribution is 5.71. The summed E-state index contributed by atoms with van der Waals surface area (Å²) in [7, 11) is 0. The molecule has 0 amide bonds. The van der Waals surface area contributed by atoms with E-state index >= 15 is 0 Å². The molecule has 5 heteroatoms. The van der Waals surface area contributed by atoms with E-state index in [0.717, 1.165) is 24.8 Å². The Hall–Kier alpha value is -3.31. The van der Waals surface area contributed by atoms with Gasteiger partial charge in [0.2, 0.25) is 5.82 Å². The number of hydrogen-bond acceptors (Lipinski definition) is 2. The van der Waals surface area contributed by atoms with E-state index in [1.165, 1.54) is 18.2 Å². The number of rotatable bonds is 8. The Labute approximate surface area is 204 Å². The predicted molar refractivity (Wildman–Crippen MR) is 134 cm³/mol. The minimum Gasteiger partial charge on any atom is -0.486 e. The molecule has 2 unspecified atom stereocenters. The Morgan fingerprint density at radius 2 is 1.63 bits per heavy atom. The van der Waals surface area contributed by atoms with Gasteiger partial charge < -0.3 is 9.47 Å². The van der Waals surface area contributed by atoms with E-state index in [9.17, 15) is 13.2 Å². The summed E-state index contributed by atoms with van der Waals surface area (Å²) in [4.78, 5) is 0. The lowest BCUT2D eigenvalue weighted by molar-refractivity contribution is -0.00528. The largest absolute Gasteiger partial charge is 0.486 e. The zero-order valence-electron chi connectivity index (χ0n) is 19.8. The van der Waals surface area contributed by atoms with Crippen molar-refractivity contribution >= 4 is 0 Å². The van der Waals surface area contributed by atoms with Gasteiger partial charge in [-0.05, 0) is 54.2 Å². The SMILES string of the molecule is C=CC1CCC(c2ccc(-c3ccc(-c4ccc(OC/C=C/CC)c(F)c4F)cc3)c(F)c2)OC1. The van der Waals surface area contributed by atoms with Crippen molar-refractivity contribution < 1.29 is 22.6 Å². The van der Waals surface area contributed by atoms with Crippen LogP contribution in [-0.4, -0.2) is 13.2 Å². The van der Waals surface area contributed by atoms with Crippen LogP contribution in [0.25, 0.3) is 22.3 Å². The summed E-state index contributed by atoms with van der Waals surface area (Å²) >= 11 is 0. The van der Waals surface area contributed by atoms with E-state index in [2.05, 4.69) is 6.58 Å². The van der Waals surface area contributed by atoms with E-state index < -0.39 is 11.6 Å². The molecule has 1 heterocycles. The van der Waals surface area contributed by atoms with Gasteiger partial charge in [0.1, 0.15) is 12.4 Å². The van der Waals surface area contributed by atoms with Gasteiger partial charge in [0, 0.05) is 17.0 Å². The molecule has 0 N–H and O–H groups in total. The van der Waals surface area contributed by atoms with E-state index in [-0.39, 0.29) is 29.8 Å². The van der Waals surface area contributed by atoms with Crippen LogP contribution < -0.4 is 4.74 Å². The molecule has 1 fully saturated rings. The maximum atomic E-state index is 15.0. The lowest BCUT2D eigenvalue weighted by atomic mass is 9.93. The van der Waals surface area contributed by atoms with Crippen LogP contribution in [0.2, 0.25) is 0 Å². The van der Waals surface area contributed by atoms with E-state index in [4.69, 9.17) is 9.47 Å². The molecule has 1 aliphatic heterocycles. The van der Waals surface area contributed by atoms with Gasteiger partial charge in [0.15, 0.2) is 11.6 Å². The molecule has 4 rings (SSSR count). The first-order valence-electron chi connectivity index (χ1n) is 11.9. The van der Waals surface area contributed by atoms with Crippen molar-refractivity contribution in [1.82, 2.24) is 0 Å². The second-order valence-electron chi connectivity index (χ2n) is 8.64. The normalized spacial score (nSPS) is 18.1. The molecule has 1 saturated heterocycles. The molecule has 35 heavy (non-hydrogen) atoms. The Kier molecular flexibility index (Phi) is 8.09. The van der Waals surface area contributed by atoms with Crippen LogP contribution in [-0.2, 0) is 4.74 Å². The van der Waals surface area contributed by atoms with Crippen LogP contribution in [0.5, 0.6) is 5.75 Å². The standard InChI is InChI=1S/C30H29F3O2/c1-3-5-6-17-34-28-16-14-25(29(32)30(28)33)22-10-8-21(9-11-22)24-13-12-23(18-26(24)31)27-15-7-20(4-2)19-35-27/h4-6,8-14,16,18,20,27H,2-3,7,15,17,19H2,1H3/b6-5+. The topological polar surface area (TPSA) is 18.5 Å². The summed E-state index contributed by atoms with van der Waals surface area (Å²) < 4.78 is 55.4. The molecule has 0 aliphatic carbocycles. The van der Waals surface area contributed by atoms with Crippen molar-refractivity contribution in [3.8, 4) is 28.0 Å². The summed E-state index contributed by atoms with van der Waals surface area (Å²) in [5.74, 6) is -2.13. The third kappa shape index (κ3) is 5.68. The first kappa shape index (κ1) is 24.8. The lowest BCUT2D eigenvalue weighted by Crippen LogP contribution is -2.19. The van der Waals surface area contributed by atoms with Crippen molar-refractivity contribution in [3.05, 3.63) is 102 Å². The molecule has 2 atom stereocenters. The molecular weight excluding hydrogens is 449 g/mol. The first-order valence-corrected chi connectivity index (χ1v) is 11.9. The van der Waals surface area contributed by atoms with Crippen molar-refractivity contribution in [3.63, 3.8) is 0 Å². The smallest absolute Gasteiger partial charge is 0.201 e. The Morgan fingerprint density at radius 1 is 0.914 bits per heavy atom. The minimum atomic E-state index is -1.03. The average Bonchev–Trinajstić information content (AvgIpc) is 2.89. The number of benzene rings is 3. The monoisotopic (exact) mass is 478 g/mol. The first-order chi connectivity index (χ1) is 17.0. The molecule has 2 nitrogen and oxygen atoms in total. The van der Waals surface area contributed by atoms with Gasteiger partial charge in [-0.3, -0.25) is 0 Å². The van der Waals surface area contributed by atoms with E-state index in [1.54, 1.807) is 36.4 Å². The molecule has 0 radical (unpaired) electrons. The maximum absolute atomic E-state index is 15.0. The summed E-state index contributed by atoms with van der Waals surface area (Å²) in [6.45, 7) is 6.55. The second kappa shape index (κ2) is 11.4. The summed E-state index contributed by atoms with van der Waals surface area (Å²) in [5.41, 5.74) is 2.52. The van der Waals surface area contributed by atoms with Gasteiger partial charge >= 0.3 is 0 Å². The Bertz CT molecular complexity index is 1190. The molecule has 3 aromatic carbocycles. The van der Waals surface area contributed by atoms with Crippen LogP contribution in [0.15, 0.2) is 79.4 Å². The molecular formula is C30H29F3O2. The molecule has 1 aliphatic rings. The van der Waals surface area contributed by atoms with Gasteiger partial charge in [-0.15, -0.1) is 6.58 Å². The number of allylic oxidation sites excluding steroid dienone is 1. The molecule has 0 spiro atoms.